The Morgan fingerprint density at radius 1 is 1.37 bits per heavy atom. The minimum absolute atomic E-state index is 0.0295. The summed E-state index contributed by atoms with van der Waals surface area (Å²) in [6, 6.07) is 2.37. The summed E-state index contributed by atoms with van der Waals surface area (Å²) in [5.74, 6) is -1.56. The van der Waals surface area contributed by atoms with Gasteiger partial charge in [0.05, 0.1) is 4.47 Å². The van der Waals surface area contributed by atoms with Crippen LogP contribution in [0.3, 0.4) is 0 Å². The number of benzene rings is 1. The summed E-state index contributed by atoms with van der Waals surface area (Å²) in [4.78, 5) is 11.2. The number of aromatic carboxylic acids is 1. The Labute approximate surface area is 122 Å². The van der Waals surface area contributed by atoms with Gasteiger partial charge in [-0.15, -0.1) is 0 Å². The molecule has 0 aliphatic rings. The third kappa shape index (κ3) is 3.57. The summed E-state index contributed by atoms with van der Waals surface area (Å²) in [6.07, 6.45) is 0. The van der Waals surface area contributed by atoms with Crippen molar-refractivity contribution in [3.63, 3.8) is 0 Å². The third-order valence-electron chi connectivity index (χ3n) is 3.42. The van der Waals surface area contributed by atoms with Crippen molar-refractivity contribution < 1.29 is 18.7 Å². The van der Waals surface area contributed by atoms with Crippen molar-refractivity contribution in [1.82, 2.24) is 0 Å². The van der Waals surface area contributed by atoms with Gasteiger partial charge in [0.25, 0.3) is 8.32 Å². The largest absolute Gasteiger partial charge is 0.543 e. The van der Waals surface area contributed by atoms with E-state index < -0.39 is 20.1 Å². The van der Waals surface area contributed by atoms with Crippen LogP contribution in [0.25, 0.3) is 0 Å². The van der Waals surface area contributed by atoms with Gasteiger partial charge in [0.2, 0.25) is 0 Å². The fraction of sp³-hybridized carbons (Fsp3) is 0.462. The summed E-state index contributed by atoms with van der Waals surface area (Å²) in [5, 5.41) is 9.08. The van der Waals surface area contributed by atoms with E-state index in [9.17, 15) is 14.3 Å². The van der Waals surface area contributed by atoms with E-state index in [0.29, 0.717) is 0 Å². The lowest BCUT2D eigenvalue weighted by Gasteiger charge is -2.36. The molecule has 0 aliphatic heterocycles. The predicted molar refractivity (Wildman–Crippen MR) is 78.9 cm³/mol. The van der Waals surface area contributed by atoms with E-state index >= 15 is 0 Å². The zero-order chi connectivity index (χ0) is 15.0. The second-order valence-electron chi connectivity index (χ2n) is 5.93. The van der Waals surface area contributed by atoms with Crippen molar-refractivity contribution in [2.75, 3.05) is 0 Å². The molecule has 0 aliphatic carbocycles. The molecule has 1 aromatic carbocycles. The molecule has 0 bridgehead atoms. The highest BCUT2D eigenvalue weighted by atomic mass is 79.9. The van der Waals surface area contributed by atoms with Crippen LogP contribution in [0.1, 0.15) is 31.1 Å². The Bertz CT molecular complexity index is 509. The Hall–Kier alpha value is -0.883. The average molecular weight is 349 g/mol. The molecule has 0 amide bonds. The van der Waals surface area contributed by atoms with Gasteiger partial charge in [-0.2, -0.15) is 0 Å². The van der Waals surface area contributed by atoms with Gasteiger partial charge in [-0.05, 0) is 40.1 Å². The van der Waals surface area contributed by atoms with Crippen molar-refractivity contribution >= 4 is 30.2 Å². The monoisotopic (exact) mass is 348 g/mol. The first-order chi connectivity index (χ1) is 8.45. The van der Waals surface area contributed by atoms with Crippen LogP contribution in [0.15, 0.2) is 16.6 Å². The maximum Gasteiger partial charge on any atom is 0.339 e. The maximum atomic E-state index is 13.6. The first-order valence-electron chi connectivity index (χ1n) is 5.87. The number of carboxylic acids is 1. The molecule has 1 N–H and O–H groups in total. The molecule has 0 atom stereocenters. The molecule has 0 saturated carbocycles. The quantitative estimate of drug-likeness (QED) is 0.807. The van der Waals surface area contributed by atoms with Gasteiger partial charge < -0.3 is 9.53 Å². The van der Waals surface area contributed by atoms with Crippen LogP contribution in [-0.2, 0) is 0 Å². The number of halogens is 2. The molecule has 0 spiro atoms. The standard InChI is InChI=1S/C13H18BrFO3Si/c1-13(2,3)19(4,5)18-11-7-10(15)9(14)6-8(11)12(16)17/h6-7H,1-5H3,(H,16,17). The molecular weight excluding hydrogens is 331 g/mol. The number of hydrogen-bond donors (Lipinski definition) is 1. The van der Waals surface area contributed by atoms with Gasteiger partial charge in [0.1, 0.15) is 17.1 Å². The zero-order valence-electron chi connectivity index (χ0n) is 11.7. The van der Waals surface area contributed by atoms with E-state index in [-0.39, 0.29) is 20.8 Å². The Morgan fingerprint density at radius 2 is 1.89 bits per heavy atom. The fourth-order valence-corrected chi connectivity index (χ4v) is 2.58. The van der Waals surface area contributed by atoms with E-state index in [2.05, 4.69) is 15.9 Å². The molecule has 19 heavy (non-hydrogen) atoms. The first kappa shape index (κ1) is 16.2. The van der Waals surface area contributed by atoms with E-state index in [1.165, 1.54) is 6.07 Å². The lowest BCUT2D eigenvalue weighted by molar-refractivity contribution is 0.0694. The Kier molecular flexibility index (Phi) is 4.46. The highest BCUT2D eigenvalue weighted by Gasteiger charge is 2.39. The van der Waals surface area contributed by atoms with E-state index in [0.717, 1.165) is 6.07 Å². The molecule has 0 heterocycles. The molecule has 1 aromatic rings. The van der Waals surface area contributed by atoms with Crippen molar-refractivity contribution in [1.29, 1.82) is 0 Å². The highest BCUT2D eigenvalue weighted by Crippen LogP contribution is 2.39. The smallest absolute Gasteiger partial charge is 0.339 e. The SMILES string of the molecule is CC(C)(C)[Si](C)(C)Oc1cc(F)c(Br)cc1C(=O)O. The fourth-order valence-electron chi connectivity index (χ4n) is 1.21. The van der Waals surface area contributed by atoms with Gasteiger partial charge in [0.15, 0.2) is 0 Å². The molecule has 3 nitrogen and oxygen atoms in total. The van der Waals surface area contributed by atoms with E-state index in [1.54, 1.807) is 0 Å². The van der Waals surface area contributed by atoms with Crippen LogP contribution in [0.4, 0.5) is 4.39 Å². The molecule has 0 unspecified atom stereocenters. The van der Waals surface area contributed by atoms with Crippen molar-refractivity contribution in [2.45, 2.75) is 38.9 Å². The van der Waals surface area contributed by atoms with Gasteiger partial charge in [-0.1, -0.05) is 20.8 Å². The normalized spacial score (nSPS) is 12.4. The summed E-state index contributed by atoms with van der Waals surface area (Å²) in [6.45, 7) is 10.1. The highest BCUT2D eigenvalue weighted by molar-refractivity contribution is 9.10. The minimum atomic E-state index is -2.21. The number of hydrogen-bond acceptors (Lipinski definition) is 2. The first-order valence-corrected chi connectivity index (χ1v) is 9.57. The lowest BCUT2D eigenvalue weighted by Crippen LogP contribution is -2.44. The molecule has 0 radical (unpaired) electrons. The van der Waals surface area contributed by atoms with Crippen LogP contribution in [0.5, 0.6) is 5.75 Å². The number of carboxylic acid groups (broad SMARTS) is 1. The molecule has 0 saturated heterocycles. The molecule has 6 heteroatoms. The molecule has 0 fully saturated rings. The number of carbonyl (C=O) groups is 1. The van der Waals surface area contributed by atoms with Crippen molar-refractivity contribution in [2.24, 2.45) is 0 Å². The molecular formula is C13H18BrFO3Si. The minimum Gasteiger partial charge on any atom is -0.543 e. The summed E-state index contributed by atoms with van der Waals surface area (Å²) in [5.41, 5.74) is -0.0295. The van der Waals surface area contributed by atoms with E-state index in [1.807, 2.05) is 33.9 Å². The summed E-state index contributed by atoms with van der Waals surface area (Å²) in [7, 11) is -2.21. The Balaban J connectivity index is 3.28. The second kappa shape index (κ2) is 5.24. The molecule has 0 aromatic heterocycles. The predicted octanol–water partition coefficient (Wildman–Crippen LogP) is 4.67. The van der Waals surface area contributed by atoms with Crippen LogP contribution in [0, 0.1) is 5.82 Å². The van der Waals surface area contributed by atoms with Crippen LogP contribution in [0.2, 0.25) is 18.1 Å². The van der Waals surface area contributed by atoms with Crippen LogP contribution < -0.4 is 4.43 Å². The van der Waals surface area contributed by atoms with Crippen molar-refractivity contribution in [3.8, 4) is 5.75 Å². The van der Waals surface area contributed by atoms with Gasteiger partial charge in [-0.3, -0.25) is 0 Å². The molecule has 106 valence electrons. The zero-order valence-corrected chi connectivity index (χ0v) is 14.3. The third-order valence-corrected chi connectivity index (χ3v) is 8.37. The van der Waals surface area contributed by atoms with E-state index in [4.69, 9.17) is 4.43 Å². The second-order valence-corrected chi connectivity index (χ2v) is 11.5. The lowest BCUT2D eigenvalue weighted by atomic mass is 10.2. The van der Waals surface area contributed by atoms with Gasteiger partial charge in [-0.25, -0.2) is 9.18 Å². The number of rotatable bonds is 3. The summed E-state index contributed by atoms with van der Waals surface area (Å²) >= 11 is 2.99. The van der Waals surface area contributed by atoms with Gasteiger partial charge >= 0.3 is 5.97 Å². The topological polar surface area (TPSA) is 46.5 Å². The average Bonchev–Trinajstić information content (AvgIpc) is 2.20. The molecule has 1 rings (SSSR count). The van der Waals surface area contributed by atoms with Crippen LogP contribution in [-0.4, -0.2) is 19.4 Å². The van der Waals surface area contributed by atoms with Gasteiger partial charge in [0, 0.05) is 6.07 Å². The maximum absolute atomic E-state index is 13.6. The van der Waals surface area contributed by atoms with Crippen LogP contribution >= 0.6 is 15.9 Å². The Morgan fingerprint density at radius 3 is 2.32 bits per heavy atom. The summed E-state index contributed by atoms with van der Waals surface area (Å²) < 4.78 is 19.6. The van der Waals surface area contributed by atoms with Crippen molar-refractivity contribution in [3.05, 3.63) is 28.0 Å².